The number of hydrogen-bond acceptors (Lipinski definition) is 4. The van der Waals surface area contributed by atoms with Crippen LogP contribution in [0.2, 0.25) is 0 Å². The number of aryl methyl sites for hydroxylation is 3. The van der Waals surface area contributed by atoms with E-state index >= 15 is 0 Å². The van der Waals surface area contributed by atoms with E-state index in [1.165, 1.54) is 4.31 Å². The summed E-state index contributed by atoms with van der Waals surface area (Å²) in [5.74, 6) is -0.166. The second kappa shape index (κ2) is 8.18. The largest absolute Gasteiger partial charge is 0.338 e. The van der Waals surface area contributed by atoms with Crippen molar-refractivity contribution in [3.8, 4) is 0 Å². The highest BCUT2D eigenvalue weighted by Gasteiger charge is 2.34. The Hall–Kier alpha value is -2.35. The van der Waals surface area contributed by atoms with Crippen LogP contribution in [0.15, 0.2) is 29.2 Å². The van der Waals surface area contributed by atoms with E-state index in [0.717, 1.165) is 24.8 Å². The first-order valence-corrected chi connectivity index (χ1v) is 11.5. The first-order valence-electron chi connectivity index (χ1n) is 10.0. The molecule has 29 heavy (non-hydrogen) atoms. The van der Waals surface area contributed by atoms with Gasteiger partial charge in [-0.25, -0.2) is 8.42 Å². The third-order valence-electron chi connectivity index (χ3n) is 5.71. The van der Waals surface area contributed by atoms with Crippen molar-refractivity contribution in [3.63, 3.8) is 0 Å². The van der Waals surface area contributed by atoms with E-state index in [1.54, 1.807) is 37.7 Å². The van der Waals surface area contributed by atoms with Crippen LogP contribution in [0.25, 0.3) is 0 Å². The van der Waals surface area contributed by atoms with Crippen LogP contribution in [0.3, 0.4) is 0 Å². The van der Waals surface area contributed by atoms with Crippen LogP contribution in [0.4, 0.5) is 5.69 Å². The van der Waals surface area contributed by atoms with Crippen molar-refractivity contribution in [2.24, 2.45) is 7.05 Å². The fourth-order valence-electron chi connectivity index (χ4n) is 3.95. The van der Waals surface area contributed by atoms with E-state index in [4.69, 9.17) is 0 Å². The Balaban J connectivity index is 2.03. The summed E-state index contributed by atoms with van der Waals surface area (Å²) in [6.07, 6.45) is 3.00. The molecule has 0 N–H and O–H groups in total. The topological polar surface area (TPSA) is 75.5 Å². The normalized spacial score (nSPS) is 17.4. The molecule has 8 heteroatoms. The Labute approximate surface area is 173 Å². The van der Waals surface area contributed by atoms with Gasteiger partial charge in [-0.05, 0) is 59.1 Å². The smallest absolute Gasteiger partial charge is 0.268 e. The number of carbonyl (C=O) groups excluding carboxylic acids is 1. The summed E-state index contributed by atoms with van der Waals surface area (Å²) in [6.45, 7) is 7.84. The average molecular weight is 419 g/mol. The molecule has 0 spiro atoms. The number of carbonyl (C=O) groups is 1. The number of sulfonamides is 1. The number of aromatic nitrogens is 2. The molecule has 1 atom stereocenters. The zero-order chi connectivity index (χ0) is 21.3. The van der Waals surface area contributed by atoms with Gasteiger partial charge < -0.3 is 4.90 Å². The summed E-state index contributed by atoms with van der Waals surface area (Å²) in [5, 5.41) is 4.26. The van der Waals surface area contributed by atoms with Crippen molar-refractivity contribution < 1.29 is 13.2 Å². The Morgan fingerprint density at radius 1 is 1.17 bits per heavy atom. The molecular weight excluding hydrogens is 388 g/mol. The van der Waals surface area contributed by atoms with Crippen LogP contribution in [0.1, 0.15) is 43.1 Å². The number of likely N-dealkylation sites (tertiary alicyclic amines) is 1. The minimum absolute atomic E-state index is 0.126. The van der Waals surface area contributed by atoms with Gasteiger partial charge in [0.15, 0.2) is 0 Å². The van der Waals surface area contributed by atoms with Crippen LogP contribution >= 0.6 is 0 Å². The second-order valence-corrected chi connectivity index (χ2v) is 9.70. The van der Waals surface area contributed by atoms with E-state index in [-0.39, 0.29) is 23.4 Å². The molecule has 3 rings (SSSR count). The standard InChI is InChI=1S/C21H30N4O3S/c1-15-9-11-19(12-10-15)25(14-20(26)24-13-7-6-8-16(24)2)29(27,28)21-17(3)22-23(5)18(21)4/h9-12,16H,6-8,13-14H2,1-5H3/t16-/m1/s1. The number of piperidine rings is 1. The molecule has 1 amide bonds. The highest BCUT2D eigenvalue weighted by molar-refractivity contribution is 7.93. The number of amides is 1. The molecule has 0 unspecified atom stereocenters. The van der Waals surface area contributed by atoms with E-state index in [2.05, 4.69) is 5.10 Å². The Kier molecular flexibility index (Phi) is 6.03. The van der Waals surface area contributed by atoms with Crippen LogP contribution in [-0.2, 0) is 21.9 Å². The summed E-state index contributed by atoms with van der Waals surface area (Å²) < 4.78 is 30.1. The average Bonchev–Trinajstić information content (AvgIpc) is 2.93. The van der Waals surface area contributed by atoms with E-state index in [1.807, 2.05) is 30.9 Å². The molecule has 1 saturated heterocycles. The third kappa shape index (κ3) is 4.17. The minimum Gasteiger partial charge on any atom is -0.338 e. The number of rotatable bonds is 5. The Bertz CT molecular complexity index is 996. The predicted octanol–water partition coefficient (Wildman–Crippen LogP) is 2.94. The van der Waals surface area contributed by atoms with Crippen LogP contribution in [0.5, 0.6) is 0 Å². The summed E-state index contributed by atoms with van der Waals surface area (Å²) in [6, 6.07) is 7.34. The van der Waals surface area contributed by atoms with Crippen LogP contribution in [-0.4, -0.2) is 48.1 Å². The van der Waals surface area contributed by atoms with Crippen molar-refractivity contribution in [2.45, 2.75) is 57.9 Å². The number of nitrogens with zero attached hydrogens (tertiary/aromatic N) is 4. The number of hydrogen-bond donors (Lipinski definition) is 0. The minimum atomic E-state index is -3.96. The highest BCUT2D eigenvalue weighted by atomic mass is 32.2. The lowest BCUT2D eigenvalue weighted by atomic mass is 10.0. The molecular formula is C21H30N4O3S. The molecule has 0 aliphatic carbocycles. The molecule has 1 aromatic carbocycles. The molecule has 1 aromatic heterocycles. The Morgan fingerprint density at radius 3 is 2.38 bits per heavy atom. The molecule has 1 fully saturated rings. The van der Waals surface area contributed by atoms with Gasteiger partial charge in [-0.2, -0.15) is 5.10 Å². The van der Waals surface area contributed by atoms with Crippen molar-refractivity contribution in [1.29, 1.82) is 0 Å². The van der Waals surface area contributed by atoms with Gasteiger partial charge >= 0.3 is 0 Å². The lowest BCUT2D eigenvalue weighted by Crippen LogP contribution is -2.48. The van der Waals surface area contributed by atoms with Gasteiger partial charge in [0.1, 0.15) is 11.4 Å². The van der Waals surface area contributed by atoms with E-state index in [9.17, 15) is 13.2 Å². The maximum Gasteiger partial charge on any atom is 0.268 e. The van der Waals surface area contributed by atoms with Crippen molar-refractivity contribution in [1.82, 2.24) is 14.7 Å². The van der Waals surface area contributed by atoms with Gasteiger partial charge in [-0.15, -0.1) is 0 Å². The first kappa shape index (κ1) is 21.4. The zero-order valence-electron chi connectivity index (χ0n) is 17.8. The number of anilines is 1. The molecule has 158 valence electrons. The molecule has 0 saturated carbocycles. The van der Waals surface area contributed by atoms with Crippen molar-refractivity contribution in [3.05, 3.63) is 41.2 Å². The first-order chi connectivity index (χ1) is 13.6. The molecule has 2 heterocycles. The fourth-order valence-corrected chi connectivity index (χ4v) is 5.77. The summed E-state index contributed by atoms with van der Waals surface area (Å²) >= 11 is 0. The summed E-state index contributed by atoms with van der Waals surface area (Å²) in [7, 11) is -2.24. The summed E-state index contributed by atoms with van der Waals surface area (Å²) in [5.41, 5.74) is 2.49. The molecule has 0 bridgehead atoms. The van der Waals surface area contributed by atoms with Gasteiger partial charge in [0.2, 0.25) is 5.91 Å². The van der Waals surface area contributed by atoms with Gasteiger partial charge in [0, 0.05) is 19.6 Å². The van der Waals surface area contributed by atoms with E-state index in [0.29, 0.717) is 23.6 Å². The van der Waals surface area contributed by atoms with Crippen LogP contribution in [0, 0.1) is 20.8 Å². The lowest BCUT2D eigenvalue weighted by Gasteiger charge is -2.35. The SMILES string of the molecule is Cc1ccc(N(CC(=O)N2CCCC[C@H]2C)S(=O)(=O)c2c(C)nn(C)c2C)cc1. The maximum absolute atomic E-state index is 13.7. The van der Waals surface area contributed by atoms with Gasteiger partial charge in [-0.1, -0.05) is 17.7 Å². The quantitative estimate of drug-likeness (QED) is 0.748. The maximum atomic E-state index is 13.7. The van der Waals surface area contributed by atoms with Crippen molar-refractivity contribution in [2.75, 3.05) is 17.4 Å². The lowest BCUT2D eigenvalue weighted by molar-refractivity contribution is -0.132. The molecule has 7 nitrogen and oxygen atoms in total. The zero-order valence-corrected chi connectivity index (χ0v) is 18.7. The van der Waals surface area contributed by atoms with Gasteiger partial charge in [0.25, 0.3) is 10.0 Å². The number of benzene rings is 1. The molecule has 0 radical (unpaired) electrons. The van der Waals surface area contributed by atoms with Gasteiger partial charge in [-0.3, -0.25) is 13.8 Å². The molecule has 1 aliphatic rings. The van der Waals surface area contributed by atoms with Crippen LogP contribution < -0.4 is 4.31 Å². The highest BCUT2D eigenvalue weighted by Crippen LogP contribution is 2.28. The predicted molar refractivity (Wildman–Crippen MR) is 113 cm³/mol. The molecule has 1 aliphatic heterocycles. The van der Waals surface area contributed by atoms with E-state index < -0.39 is 10.0 Å². The second-order valence-electron chi connectivity index (χ2n) is 7.90. The Morgan fingerprint density at radius 2 is 1.83 bits per heavy atom. The summed E-state index contributed by atoms with van der Waals surface area (Å²) in [4.78, 5) is 15.1. The fraction of sp³-hybridized carbons (Fsp3) is 0.524. The van der Waals surface area contributed by atoms with Crippen molar-refractivity contribution >= 4 is 21.6 Å². The molecule has 2 aromatic rings. The third-order valence-corrected chi connectivity index (χ3v) is 7.74. The van der Waals surface area contributed by atoms with Gasteiger partial charge in [0.05, 0.1) is 17.1 Å². The monoisotopic (exact) mass is 418 g/mol.